The molecule has 15 heavy (non-hydrogen) atoms. The Kier molecular flexibility index (Phi) is 4.56. The molecule has 2 nitrogen and oxygen atoms in total. The van der Waals surface area contributed by atoms with Gasteiger partial charge >= 0.3 is 0 Å². The fourth-order valence-corrected chi connectivity index (χ4v) is 2.31. The van der Waals surface area contributed by atoms with Gasteiger partial charge < -0.3 is 5.32 Å². The molecule has 0 spiro atoms. The summed E-state index contributed by atoms with van der Waals surface area (Å²) in [4.78, 5) is 14.0. The first-order chi connectivity index (χ1) is 7.15. The van der Waals surface area contributed by atoms with Gasteiger partial charge in [0.1, 0.15) is 0 Å². The van der Waals surface area contributed by atoms with E-state index >= 15 is 0 Å². The van der Waals surface area contributed by atoms with Crippen LogP contribution in [0.3, 0.4) is 0 Å². The molecule has 1 rings (SSSR count). The Hall–Kier alpha value is -1.09. The lowest BCUT2D eigenvalue weighted by Gasteiger charge is -2.01. The third-order valence-corrected chi connectivity index (χ3v) is 3.08. The molecule has 0 aliphatic carbocycles. The number of hydrogen-bond acceptors (Lipinski definition) is 2. The van der Waals surface area contributed by atoms with Gasteiger partial charge in [0.05, 0.1) is 5.56 Å². The van der Waals surface area contributed by atoms with Crippen molar-refractivity contribution in [3.8, 4) is 0 Å². The minimum Gasteiger partial charge on any atom is -0.352 e. The topological polar surface area (TPSA) is 29.1 Å². The summed E-state index contributed by atoms with van der Waals surface area (Å²) in [5.74, 6) is 0.0429. The molecular weight excluding hydrogens is 206 g/mol. The molecule has 0 atom stereocenters. The summed E-state index contributed by atoms with van der Waals surface area (Å²) in [5.41, 5.74) is 0.818. The van der Waals surface area contributed by atoms with Crippen molar-refractivity contribution in [1.29, 1.82) is 0 Å². The minimum absolute atomic E-state index is 0.0429. The quantitative estimate of drug-likeness (QED) is 0.617. The van der Waals surface area contributed by atoms with Gasteiger partial charge in [-0.1, -0.05) is 12.2 Å². The summed E-state index contributed by atoms with van der Waals surface area (Å²) in [5, 5.41) is 2.90. The second kappa shape index (κ2) is 5.71. The normalized spacial score (nSPS) is 10.9. The lowest BCUT2D eigenvalue weighted by Crippen LogP contribution is -2.24. The number of rotatable bonds is 4. The van der Waals surface area contributed by atoms with Crippen LogP contribution in [0.15, 0.2) is 18.2 Å². The predicted octanol–water partition coefficient (Wildman–Crippen LogP) is 3.06. The van der Waals surface area contributed by atoms with Crippen LogP contribution in [-0.4, -0.2) is 12.5 Å². The van der Waals surface area contributed by atoms with E-state index in [0.717, 1.165) is 16.9 Å². The molecule has 1 aromatic heterocycles. The monoisotopic (exact) mass is 223 g/mol. The van der Waals surface area contributed by atoms with E-state index in [-0.39, 0.29) is 5.91 Å². The van der Waals surface area contributed by atoms with E-state index in [9.17, 15) is 4.79 Å². The Morgan fingerprint density at radius 1 is 1.53 bits per heavy atom. The van der Waals surface area contributed by atoms with Gasteiger partial charge in [0.2, 0.25) is 0 Å². The molecule has 3 heteroatoms. The van der Waals surface area contributed by atoms with Gasteiger partial charge in [-0.25, -0.2) is 0 Å². The molecule has 0 saturated heterocycles. The van der Waals surface area contributed by atoms with Gasteiger partial charge in [-0.15, -0.1) is 11.3 Å². The number of carbonyl (C=O) groups is 1. The van der Waals surface area contributed by atoms with E-state index in [2.05, 4.69) is 5.32 Å². The molecule has 1 N–H and O–H groups in total. The molecule has 0 fully saturated rings. The molecule has 1 heterocycles. The molecule has 0 unspecified atom stereocenters. The maximum Gasteiger partial charge on any atom is 0.252 e. The van der Waals surface area contributed by atoms with Crippen molar-refractivity contribution < 1.29 is 4.79 Å². The van der Waals surface area contributed by atoms with Crippen LogP contribution in [-0.2, 0) is 0 Å². The van der Waals surface area contributed by atoms with Crippen LogP contribution in [0.4, 0.5) is 0 Å². The largest absolute Gasteiger partial charge is 0.352 e. The molecule has 0 aromatic carbocycles. The van der Waals surface area contributed by atoms with Crippen LogP contribution in [0.1, 0.15) is 33.5 Å². The van der Waals surface area contributed by atoms with Crippen molar-refractivity contribution in [2.75, 3.05) is 6.54 Å². The fraction of sp³-hybridized carbons (Fsp3) is 0.417. The van der Waals surface area contributed by atoms with Crippen LogP contribution in [0, 0.1) is 13.8 Å². The van der Waals surface area contributed by atoms with Crippen molar-refractivity contribution in [1.82, 2.24) is 5.32 Å². The number of carbonyl (C=O) groups excluding carboxylic acids is 1. The molecule has 82 valence electrons. The number of aryl methyl sites for hydroxylation is 2. The number of thiophene rings is 1. The van der Waals surface area contributed by atoms with Gasteiger partial charge in [0.25, 0.3) is 5.91 Å². The fourth-order valence-electron chi connectivity index (χ4n) is 1.39. The van der Waals surface area contributed by atoms with Gasteiger partial charge in [-0.2, -0.15) is 0 Å². The van der Waals surface area contributed by atoms with E-state index in [1.165, 1.54) is 4.88 Å². The standard InChI is InChI=1S/C12H17NOS/c1-4-5-6-7-13-12(14)11-8-9(2)15-10(11)3/h4-5,8H,6-7H2,1-3H3,(H,13,14)/b5-4+. The van der Waals surface area contributed by atoms with Gasteiger partial charge in [0, 0.05) is 16.3 Å². The average molecular weight is 223 g/mol. The van der Waals surface area contributed by atoms with Crippen molar-refractivity contribution in [3.63, 3.8) is 0 Å². The third kappa shape index (κ3) is 3.51. The maximum absolute atomic E-state index is 11.7. The summed E-state index contributed by atoms with van der Waals surface area (Å²) >= 11 is 1.67. The number of amides is 1. The second-order valence-corrected chi connectivity index (χ2v) is 4.90. The zero-order valence-electron chi connectivity index (χ0n) is 9.46. The van der Waals surface area contributed by atoms with Crippen LogP contribution in [0.2, 0.25) is 0 Å². The Labute approximate surface area is 95.0 Å². The van der Waals surface area contributed by atoms with Crippen LogP contribution >= 0.6 is 11.3 Å². The number of allylic oxidation sites excluding steroid dienone is 1. The molecular formula is C12H17NOS. The first-order valence-electron chi connectivity index (χ1n) is 5.11. The highest BCUT2D eigenvalue weighted by atomic mass is 32.1. The average Bonchev–Trinajstić information content (AvgIpc) is 2.52. The van der Waals surface area contributed by atoms with Crippen molar-refractivity contribution in [2.24, 2.45) is 0 Å². The van der Waals surface area contributed by atoms with Crippen LogP contribution in [0.25, 0.3) is 0 Å². The molecule has 1 amide bonds. The van der Waals surface area contributed by atoms with E-state index in [1.54, 1.807) is 11.3 Å². The van der Waals surface area contributed by atoms with Crippen molar-refractivity contribution in [2.45, 2.75) is 27.2 Å². The Morgan fingerprint density at radius 3 is 2.80 bits per heavy atom. The summed E-state index contributed by atoms with van der Waals surface area (Å²) in [6.45, 7) is 6.69. The molecule has 0 aliphatic rings. The third-order valence-electron chi connectivity index (χ3n) is 2.12. The summed E-state index contributed by atoms with van der Waals surface area (Å²) in [7, 11) is 0. The summed E-state index contributed by atoms with van der Waals surface area (Å²) in [6.07, 6.45) is 4.93. The van der Waals surface area contributed by atoms with Crippen LogP contribution in [0.5, 0.6) is 0 Å². The zero-order chi connectivity index (χ0) is 11.3. The highest BCUT2D eigenvalue weighted by molar-refractivity contribution is 7.12. The van der Waals surface area contributed by atoms with Gasteiger partial charge in [0.15, 0.2) is 0 Å². The highest BCUT2D eigenvalue weighted by Crippen LogP contribution is 2.20. The van der Waals surface area contributed by atoms with Crippen LogP contribution < -0.4 is 5.32 Å². The lowest BCUT2D eigenvalue weighted by molar-refractivity contribution is 0.0954. The highest BCUT2D eigenvalue weighted by Gasteiger charge is 2.10. The zero-order valence-corrected chi connectivity index (χ0v) is 10.3. The molecule has 0 bridgehead atoms. The maximum atomic E-state index is 11.7. The smallest absolute Gasteiger partial charge is 0.252 e. The first-order valence-corrected chi connectivity index (χ1v) is 5.93. The molecule has 0 radical (unpaired) electrons. The summed E-state index contributed by atoms with van der Waals surface area (Å²) < 4.78 is 0. The predicted molar refractivity (Wildman–Crippen MR) is 65.6 cm³/mol. The van der Waals surface area contributed by atoms with E-state index in [0.29, 0.717) is 6.54 Å². The van der Waals surface area contributed by atoms with Gasteiger partial charge in [-0.3, -0.25) is 4.79 Å². The second-order valence-electron chi connectivity index (χ2n) is 3.44. The lowest BCUT2D eigenvalue weighted by atomic mass is 10.2. The Morgan fingerprint density at radius 2 is 2.27 bits per heavy atom. The van der Waals surface area contributed by atoms with E-state index < -0.39 is 0 Å². The van der Waals surface area contributed by atoms with E-state index in [4.69, 9.17) is 0 Å². The van der Waals surface area contributed by atoms with Crippen molar-refractivity contribution in [3.05, 3.63) is 33.5 Å². The Bertz CT molecular complexity index is 366. The molecule has 1 aromatic rings. The Balaban J connectivity index is 2.50. The van der Waals surface area contributed by atoms with Gasteiger partial charge in [-0.05, 0) is 33.3 Å². The molecule has 0 aliphatic heterocycles. The van der Waals surface area contributed by atoms with Crippen molar-refractivity contribution >= 4 is 17.2 Å². The SMILES string of the molecule is C/C=C/CCNC(=O)c1cc(C)sc1C. The number of hydrogen-bond donors (Lipinski definition) is 1. The minimum atomic E-state index is 0.0429. The first kappa shape index (κ1) is 12.0. The number of nitrogens with one attached hydrogen (secondary N) is 1. The molecule has 0 saturated carbocycles. The van der Waals surface area contributed by atoms with E-state index in [1.807, 2.05) is 39.0 Å². The summed E-state index contributed by atoms with van der Waals surface area (Å²) in [6, 6.07) is 1.95.